The van der Waals surface area contributed by atoms with Crippen LogP contribution < -0.4 is 5.73 Å². The zero-order valence-electron chi connectivity index (χ0n) is 12.3. The van der Waals surface area contributed by atoms with Crippen LogP contribution in [0.2, 0.25) is 0 Å². The molecule has 1 fully saturated rings. The second-order valence-electron chi connectivity index (χ2n) is 5.72. The minimum Gasteiger partial charge on any atom is -0.329 e. The Morgan fingerprint density at radius 2 is 2.10 bits per heavy atom. The van der Waals surface area contributed by atoms with Crippen molar-refractivity contribution >= 4 is 10.9 Å². The minimum atomic E-state index is 0.332. The van der Waals surface area contributed by atoms with E-state index in [0.29, 0.717) is 12.6 Å². The molecule has 3 heteroatoms. The Bertz CT molecular complexity index is 604. The first-order chi connectivity index (χ1) is 9.72. The molecule has 106 valence electrons. The Kier molecular flexibility index (Phi) is 3.72. The zero-order chi connectivity index (χ0) is 14.1. The van der Waals surface area contributed by atoms with Crippen molar-refractivity contribution in [3.63, 3.8) is 0 Å². The average molecular weight is 269 g/mol. The summed E-state index contributed by atoms with van der Waals surface area (Å²) in [4.78, 5) is 7.11. The maximum atomic E-state index is 6.06. The number of hydrogen-bond acceptors (Lipinski definition) is 3. The van der Waals surface area contributed by atoms with Crippen LogP contribution in [0, 0.1) is 6.92 Å². The van der Waals surface area contributed by atoms with Crippen LogP contribution in [0.15, 0.2) is 30.3 Å². The van der Waals surface area contributed by atoms with Gasteiger partial charge in [-0.05, 0) is 50.1 Å². The fraction of sp³-hybridized carbons (Fsp3) is 0.471. The van der Waals surface area contributed by atoms with E-state index in [1.54, 1.807) is 0 Å². The van der Waals surface area contributed by atoms with Gasteiger partial charge in [-0.2, -0.15) is 0 Å². The van der Waals surface area contributed by atoms with E-state index in [9.17, 15) is 0 Å². The molecule has 0 spiro atoms. The summed E-state index contributed by atoms with van der Waals surface area (Å²) in [6.07, 6.45) is 2.64. The SMILES string of the molecule is CCN(C1CC1)C(CN)c1ccc2nc(C)ccc2c1. The molecule has 1 aromatic heterocycles. The van der Waals surface area contributed by atoms with Crippen molar-refractivity contribution in [1.82, 2.24) is 9.88 Å². The van der Waals surface area contributed by atoms with Crippen molar-refractivity contribution in [1.29, 1.82) is 0 Å². The molecule has 0 saturated heterocycles. The molecule has 1 aromatic carbocycles. The summed E-state index contributed by atoms with van der Waals surface area (Å²) in [7, 11) is 0. The van der Waals surface area contributed by atoms with Gasteiger partial charge in [0.1, 0.15) is 0 Å². The first-order valence-corrected chi connectivity index (χ1v) is 7.56. The number of aromatic nitrogens is 1. The summed E-state index contributed by atoms with van der Waals surface area (Å²) in [6.45, 7) is 6.00. The normalized spacial score (nSPS) is 16.8. The summed E-state index contributed by atoms with van der Waals surface area (Å²) < 4.78 is 0. The third-order valence-corrected chi connectivity index (χ3v) is 4.24. The Balaban J connectivity index is 1.96. The van der Waals surface area contributed by atoms with Crippen molar-refractivity contribution in [3.8, 4) is 0 Å². The van der Waals surface area contributed by atoms with Gasteiger partial charge in [-0.3, -0.25) is 9.88 Å². The Hall–Kier alpha value is -1.45. The Morgan fingerprint density at radius 3 is 2.75 bits per heavy atom. The molecule has 1 atom stereocenters. The van der Waals surface area contributed by atoms with Crippen molar-refractivity contribution < 1.29 is 0 Å². The number of likely N-dealkylation sites (N-methyl/N-ethyl adjacent to an activating group) is 1. The second-order valence-corrected chi connectivity index (χ2v) is 5.72. The molecule has 3 nitrogen and oxygen atoms in total. The molecule has 3 rings (SSSR count). The van der Waals surface area contributed by atoms with Gasteiger partial charge in [0, 0.05) is 29.7 Å². The van der Waals surface area contributed by atoms with Crippen molar-refractivity contribution in [2.75, 3.05) is 13.1 Å². The first-order valence-electron chi connectivity index (χ1n) is 7.56. The molecule has 1 aliphatic carbocycles. The minimum absolute atomic E-state index is 0.332. The largest absolute Gasteiger partial charge is 0.329 e. The summed E-state index contributed by atoms with van der Waals surface area (Å²) in [5.41, 5.74) is 9.51. The highest BCUT2D eigenvalue weighted by molar-refractivity contribution is 5.79. The molecule has 0 radical (unpaired) electrons. The molecule has 1 saturated carbocycles. The second kappa shape index (κ2) is 5.51. The molecule has 1 aliphatic rings. The third-order valence-electron chi connectivity index (χ3n) is 4.24. The number of pyridine rings is 1. The monoisotopic (exact) mass is 269 g/mol. The van der Waals surface area contributed by atoms with Gasteiger partial charge < -0.3 is 5.73 Å². The molecule has 20 heavy (non-hydrogen) atoms. The highest BCUT2D eigenvalue weighted by Gasteiger charge is 2.32. The zero-order valence-corrected chi connectivity index (χ0v) is 12.3. The van der Waals surface area contributed by atoms with Crippen molar-refractivity contribution in [2.45, 2.75) is 38.8 Å². The lowest BCUT2D eigenvalue weighted by Gasteiger charge is -2.30. The van der Waals surface area contributed by atoms with E-state index in [2.05, 4.69) is 47.1 Å². The Morgan fingerprint density at radius 1 is 1.30 bits per heavy atom. The number of benzene rings is 1. The summed E-state index contributed by atoms with van der Waals surface area (Å²) >= 11 is 0. The quantitative estimate of drug-likeness (QED) is 0.907. The smallest absolute Gasteiger partial charge is 0.0705 e. The van der Waals surface area contributed by atoms with Crippen molar-refractivity contribution in [2.24, 2.45) is 5.73 Å². The molecular weight excluding hydrogens is 246 g/mol. The maximum absolute atomic E-state index is 6.06. The topological polar surface area (TPSA) is 42.1 Å². The van der Waals surface area contributed by atoms with Gasteiger partial charge in [0.05, 0.1) is 5.52 Å². The van der Waals surface area contributed by atoms with Gasteiger partial charge in [0.2, 0.25) is 0 Å². The highest BCUT2D eigenvalue weighted by Crippen LogP contribution is 2.34. The number of nitrogens with two attached hydrogens (primary N) is 1. The van der Waals surface area contributed by atoms with Gasteiger partial charge in [-0.1, -0.05) is 19.1 Å². The molecule has 0 amide bonds. The van der Waals surface area contributed by atoms with Gasteiger partial charge in [-0.15, -0.1) is 0 Å². The number of nitrogens with zero attached hydrogens (tertiary/aromatic N) is 2. The van der Waals surface area contributed by atoms with Crippen LogP contribution in [0.5, 0.6) is 0 Å². The van der Waals surface area contributed by atoms with Crippen LogP contribution in [0.1, 0.15) is 37.1 Å². The lowest BCUT2D eigenvalue weighted by atomic mass is 10.0. The standard InChI is InChI=1S/C17H23N3/c1-3-20(15-7-8-15)17(11-18)14-6-9-16-13(10-14)5-4-12(2)19-16/h4-6,9-10,15,17H,3,7-8,11,18H2,1-2H3. The molecule has 1 heterocycles. The van der Waals surface area contributed by atoms with E-state index in [-0.39, 0.29) is 0 Å². The predicted molar refractivity (Wildman–Crippen MR) is 83.7 cm³/mol. The maximum Gasteiger partial charge on any atom is 0.0705 e. The van der Waals surface area contributed by atoms with Gasteiger partial charge in [-0.25, -0.2) is 0 Å². The van der Waals surface area contributed by atoms with Gasteiger partial charge >= 0.3 is 0 Å². The van der Waals surface area contributed by atoms with Crippen LogP contribution >= 0.6 is 0 Å². The average Bonchev–Trinajstić information content (AvgIpc) is 3.28. The number of aryl methyl sites for hydroxylation is 1. The number of rotatable bonds is 5. The molecule has 0 aliphatic heterocycles. The van der Waals surface area contributed by atoms with Gasteiger partial charge in [0.25, 0.3) is 0 Å². The van der Waals surface area contributed by atoms with E-state index in [0.717, 1.165) is 23.8 Å². The van der Waals surface area contributed by atoms with Crippen LogP contribution in [0.3, 0.4) is 0 Å². The van der Waals surface area contributed by atoms with Crippen molar-refractivity contribution in [3.05, 3.63) is 41.6 Å². The Labute approximate surface area is 120 Å². The van der Waals surface area contributed by atoms with E-state index in [1.807, 2.05) is 6.92 Å². The fourth-order valence-corrected chi connectivity index (χ4v) is 3.06. The summed E-state index contributed by atoms with van der Waals surface area (Å²) in [5.74, 6) is 0. The molecule has 2 aromatic rings. The van der Waals surface area contributed by atoms with Gasteiger partial charge in [0.15, 0.2) is 0 Å². The predicted octanol–water partition coefficient (Wildman–Crippen LogP) is 3.03. The van der Waals surface area contributed by atoms with E-state index >= 15 is 0 Å². The lowest BCUT2D eigenvalue weighted by molar-refractivity contribution is 0.202. The summed E-state index contributed by atoms with van der Waals surface area (Å²) in [6, 6.07) is 11.9. The third kappa shape index (κ3) is 2.56. The lowest BCUT2D eigenvalue weighted by Crippen LogP contribution is -2.35. The highest BCUT2D eigenvalue weighted by atomic mass is 15.2. The fourth-order valence-electron chi connectivity index (χ4n) is 3.06. The molecule has 1 unspecified atom stereocenters. The molecule has 2 N–H and O–H groups in total. The van der Waals surface area contributed by atoms with E-state index in [4.69, 9.17) is 5.73 Å². The van der Waals surface area contributed by atoms with Crippen LogP contribution in [-0.4, -0.2) is 29.0 Å². The molecule has 0 bridgehead atoms. The number of fused-ring (bicyclic) bond motifs is 1. The van der Waals surface area contributed by atoms with Crippen LogP contribution in [0.4, 0.5) is 0 Å². The number of hydrogen-bond donors (Lipinski definition) is 1. The van der Waals surface area contributed by atoms with Crippen LogP contribution in [0.25, 0.3) is 10.9 Å². The first kappa shape index (κ1) is 13.5. The van der Waals surface area contributed by atoms with Crippen LogP contribution in [-0.2, 0) is 0 Å². The van der Waals surface area contributed by atoms with E-state index in [1.165, 1.54) is 23.8 Å². The molecular formula is C17H23N3. The van der Waals surface area contributed by atoms with E-state index < -0.39 is 0 Å². The summed E-state index contributed by atoms with van der Waals surface area (Å²) in [5, 5.41) is 1.21.